The lowest BCUT2D eigenvalue weighted by Crippen LogP contribution is -2.35. The number of nitrogen functional groups attached to an aromatic ring is 2. The SMILES string of the molecule is Nc1nc2c(ncn2[C@@H]2O[C@@H]3CO[P@@](=O)(S)O[C@@H]4C(F)[C@H](n5ccc6c(N)ccnc65)O[C@@H]4CO[P@@](=O)(S)OC2[C@H]3O)c(=O)[nH]1. The first-order valence-electron chi connectivity index (χ1n) is 13.2. The second-order valence-corrected chi connectivity index (χ2v) is 16.1. The van der Waals surface area contributed by atoms with Crippen LogP contribution in [-0.4, -0.2) is 84.1 Å². The number of ether oxygens (including phenoxy) is 2. The van der Waals surface area contributed by atoms with E-state index in [1.165, 1.54) is 27.9 Å². The van der Waals surface area contributed by atoms with E-state index < -0.39 is 81.5 Å². The highest BCUT2D eigenvalue weighted by atomic mass is 32.7. The Balaban J connectivity index is 1.21. The lowest BCUT2D eigenvalue weighted by molar-refractivity contribution is -0.0567. The van der Waals surface area contributed by atoms with Crippen molar-refractivity contribution in [1.82, 2.24) is 29.1 Å². The average molecular weight is 707 g/mol. The zero-order valence-corrected chi connectivity index (χ0v) is 26.2. The summed E-state index contributed by atoms with van der Waals surface area (Å²) in [5, 5.41) is 11.7. The highest BCUT2D eigenvalue weighted by Crippen LogP contribution is 2.60. The first-order chi connectivity index (χ1) is 21.3. The Kier molecular flexibility index (Phi) is 7.81. The predicted molar refractivity (Wildman–Crippen MR) is 160 cm³/mol. The van der Waals surface area contributed by atoms with Gasteiger partial charge < -0.3 is 30.6 Å². The van der Waals surface area contributed by atoms with E-state index in [2.05, 4.69) is 44.4 Å². The maximum absolute atomic E-state index is 16.0. The Morgan fingerprint density at radius 2 is 1.67 bits per heavy atom. The molecule has 2 unspecified atom stereocenters. The van der Waals surface area contributed by atoms with E-state index >= 15 is 4.39 Å². The number of aliphatic hydroxyl groups excluding tert-OH is 1. The number of rotatable bonds is 2. The molecule has 3 fully saturated rings. The van der Waals surface area contributed by atoms with E-state index in [0.717, 1.165) is 0 Å². The van der Waals surface area contributed by atoms with Crippen LogP contribution in [0, 0.1) is 0 Å². The molecule has 6 N–H and O–H groups in total. The summed E-state index contributed by atoms with van der Waals surface area (Å²) in [7, 11) is 0. The van der Waals surface area contributed by atoms with Gasteiger partial charge in [-0.25, -0.2) is 23.5 Å². The van der Waals surface area contributed by atoms with Crippen molar-refractivity contribution < 1.29 is 46.2 Å². The van der Waals surface area contributed by atoms with Gasteiger partial charge in [-0.05, 0) is 12.1 Å². The van der Waals surface area contributed by atoms with Crippen LogP contribution in [0.1, 0.15) is 12.5 Å². The molecule has 10 atom stereocenters. The zero-order chi connectivity index (χ0) is 31.8. The standard InChI is InChI=1S/C22H25FN8O10P2S2/c23-12-15-11(39-20(12)30-4-2-8-9(24)1-3-26-17(8)30)6-37-43(35,45)41-16-14(32)10(5-36-42(34,44)40-15)38-21(16)31-7-27-13-18(31)28-22(25)29-19(13)33/h1-4,7,10-12,14-16,20-21,32H,5-6H2,(H2,24,26)(H,34,44)(H,35,45)(H3,25,28,29,33)/t10-,11-,12?,14+,15+,16?,20-,21-,42-,43-/m1/s1. The molecule has 0 aliphatic carbocycles. The number of aliphatic hydroxyl groups is 1. The van der Waals surface area contributed by atoms with Gasteiger partial charge >= 0.3 is 13.6 Å². The molecule has 45 heavy (non-hydrogen) atoms. The van der Waals surface area contributed by atoms with E-state index in [9.17, 15) is 19.0 Å². The van der Waals surface area contributed by atoms with Crippen LogP contribution in [0.4, 0.5) is 16.0 Å². The lowest BCUT2D eigenvalue weighted by atomic mass is 10.1. The molecule has 3 aliphatic rings. The van der Waals surface area contributed by atoms with E-state index in [4.69, 9.17) is 39.0 Å². The smallest absolute Gasteiger partial charge is 0.386 e. The third kappa shape index (κ3) is 5.59. The van der Waals surface area contributed by atoms with Crippen molar-refractivity contribution >= 4 is 71.9 Å². The summed E-state index contributed by atoms with van der Waals surface area (Å²) in [4.78, 5) is 27.0. The van der Waals surface area contributed by atoms with Crippen molar-refractivity contribution in [3.05, 3.63) is 41.2 Å². The van der Waals surface area contributed by atoms with Crippen LogP contribution in [0.3, 0.4) is 0 Å². The monoisotopic (exact) mass is 706 g/mol. The molecule has 7 rings (SSSR count). The number of nitrogens with zero attached hydrogens (tertiary/aromatic N) is 5. The fraction of sp³-hybridized carbons (Fsp3) is 0.455. The maximum Gasteiger partial charge on any atom is 0.386 e. The number of alkyl halides is 1. The minimum atomic E-state index is -4.40. The van der Waals surface area contributed by atoms with Gasteiger partial charge in [0.2, 0.25) is 5.95 Å². The number of thiol groups is 2. The molecule has 242 valence electrons. The molecule has 3 aliphatic heterocycles. The van der Waals surface area contributed by atoms with Gasteiger partial charge in [-0.2, -0.15) is 4.98 Å². The Labute approximate surface area is 261 Å². The fourth-order valence-corrected chi connectivity index (χ4v) is 8.43. The number of hydrogen-bond acceptors (Lipinski definition) is 15. The Bertz CT molecular complexity index is 1950. The molecular weight excluding hydrogens is 681 g/mol. The van der Waals surface area contributed by atoms with Gasteiger partial charge in [0.05, 0.1) is 19.5 Å². The summed E-state index contributed by atoms with van der Waals surface area (Å²) in [6.07, 6.45) is -7.87. The van der Waals surface area contributed by atoms with Crippen LogP contribution < -0.4 is 17.0 Å². The summed E-state index contributed by atoms with van der Waals surface area (Å²) in [5.74, 6) is -0.230. The van der Waals surface area contributed by atoms with E-state index in [1.54, 1.807) is 12.1 Å². The summed E-state index contributed by atoms with van der Waals surface area (Å²) in [6.45, 7) is -10.0. The maximum atomic E-state index is 16.0. The fourth-order valence-electron chi connectivity index (χ4n) is 5.49. The molecule has 23 heteroatoms. The molecule has 4 aromatic heterocycles. The Hall–Kier alpha value is -2.55. The van der Waals surface area contributed by atoms with Gasteiger partial charge in [-0.3, -0.25) is 32.4 Å². The van der Waals surface area contributed by atoms with Crippen LogP contribution in [0.2, 0.25) is 0 Å². The number of nitrogens with two attached hydrogens (primary N) is 2. The molecule has 7 heterocycles. The van der Waals surface area contributed by atoms with Gasteiger partial charge in [-0.15, -0.1) is 0 Å². The van der Waals surface area contributed by atoms with E-state index in [0.29, 0.717) is 16.7 Å². The van der Waals surface area contributed by atoms with Crippen LogP contribution in [0.5, 0.6) is 0 Å². The van der Waals surface area contributed by atoms with Crippen LogP contribution in [0.15, 0.2) is 35.6 Å². The topological polar surface area (TPSA) is 243 Å². The van der Waals surface area contributed by atoms with Crippen molar-refractivity contribution in [3.8, 4) is 0 Å². The first kappa shape index (κ1) is 31.1. The highest BCUT2D eigenvalue weighted by Gasteiger charge is 2.53. The van der Waals surface area contributed by atoms with Crippen LogP contribution >= 0.6 is 38.1 Å². The van der Waals surface area contributed by atoms with Crippen molar-refractivity contribution in [3.63, 3.8) is 0 Å². The van der Waals surface area contributed by atoms with Crippen molar-refractivity contribution in [2.24, 2.45) is 0 Å². The predicted octanol–water partition coefficient (Wildman–Crippen LogP) is 1.72. The molecule has 0 spiro atoms. The van der Waals surface area contributed by atoms with Crippen molar-refractivity contribution in [2.75, 3.05) is 24.7 Å². The summed E-state index contributed by atoms with van der Waals surface area (Å²) in [5.41, 5.74) is 11.6. The number of fused-ring (bicyclic) bond motifs is 5. The second kappa shape index (κ2) is 11.3. The number of imidazole rings is 1. The molecule has 3 saturated heterocycles. The quantitative estimate of drug-likeness (QED) is 0.128. The molecule has 4 aromatic rings. The number of aromatic nitrogens is 6. The highest BCUT2D eigenvalue weighted by molar-refractivity contribution is 8.44. The molecule has 0 saturated carbocycles. The number of H-pyrrole nitrogens is 1. The van der Waals surface area contributed by atoms with Crippen LogP contribution in [-0.2, 0) is 36.7 Å². The van der Waals surface area contributed by atoms with Gasteiger partial charge in [0, 0.05) is 23.5 Å². The van der Waals surface area contributed by atoms with Gasteiger partial charge in [0.25, 0.3) is 5.56 Å². The summed E-state index contributed by atoms with van der Waals surface area (Å²) in [6, 6.07) is 3.21. The Morgan fingerprint density at radius 3 is 2.42 bits per heavy atom. The largest absolute Gasteiger partial charge is 0.398 e. The number of aromatic amines is 1. The normalized spacial score (nSPS) is 37.7. The second-order valence-electron chi connectivity index (χ2n) is 10.4. The zero-order valence-electron chi connectivity index (χ0n) is 22.6. The number of anilines is 2. The lowest BCUT2D eigenvalue weighted by Gasteiger charge is -2.26. The summed E-state index contributed by atoms with van der Waals surface area (Å²) < 4.78 is 79.4. The van der Waals surface area contributed by atoms with Gasteiger partial charge in [-0.1, -0.05) is 24.5 Å². The van der Waals surface area contributed by atoms with E-state index in [1.807, 2.05) is 0 Å². The summed E-state index contributed by atoms with van der Waals surface area (Å²) >= 11 is 8.07. The number of halogens is 1. The minimum absolute atomic E-state index is 0.0427. The van der Waals surface area contributed by atoms with Crippen molar-refractivity contribution in [2.45, 2.75) is 49.1 Å². The van der Waals surface area contributed by atoms with Crippen LogP contribution in [0.25, 0.3) is 22.2 Å². The molecule has 0 amide bonds. The molecule has 0 radical (unpaired) electrons. The van der Waals surface area contributed by atoms with Crippen molar-refractivity contribution in [1.29, 1.82) is 0 Å². The molecule has 18 nitrogen and oxygen atoms in total. The number of pyridine rings is 1. The van der Waals surface area contributed by atoms with Gasteiger partial charge in [0.1, 0.15) is 36.2 Å². The molecular formula is C22H25FN8O10P2S2. The molecule has 0 aromatic carbocycles. The first-order valence-corrected chi connectivity index (χ1v) is 18.6. The Morgan fingerprint density at radius 1 is 0.978 bits per heavy atom. The average Bonchev–Trinajstić information content (AvgIpc) is 3.72. The van der Waals surface area contributed by atoms with E-state index in [-0.39, 0.29) is 17.1 Å². The number of nitrogens with one attached hydrogen (secondary N) is 1. The number of hydrogen-bond donors (Lipinski definition) is 6. The third-order valence-electron chi connectivity index (χ3n) is 7.54. The third-order valence-corrected chi connectivity index (χ3v) is 10.8. The van der Waals surface area contributed by atoms with Gasteiger partial charge in [0.15, 0.2) is 29.8 Å². The molecule has 2 bridgehead atoms. The minimum Gasteiger partial charge on any atom is -0.398 e.